The first-order valence-electron chi connectivity index (χ1n) is 10.1. The second kappa shape index (κ2) is 10.3. The minimum atomic E-state index is -6.00. The maximum absolute atomic E-state index is 13.3. The minimum Gasteiger partial charge on any atom is -0.349 e. The highest BCUT2D eigenvalue weighted by atomic mass is 32.2. The van der Waals surface area contributed by atoms with E-state index < -0.39 is 83.3 Å². The van der Waals surface area contributed by atoms with E-state index in [1.807, 2.05) is 5.32 Å². The van der Waals surface area contributed by atoms with Crippen molar-refractivity contribution in [3.05, 3.63) is 24.3 Å². The zero-order valence-corrected chi connectivity index (χ0v) is 19.8. The number of hydrogen-bond acceptors (Lipinski definition) is 5. The molecule has 0 saturated heterocycles. The average molecular weight is 568 g/mol. The molecule has 9 nitrogen and oxygen atoms in total. The topological polar surface area (TPSA) is 116 Å². The highest BCUT2D eigenvalue weighted by Gasteiger charge is 2.57. The Labute approximate surface area is 204 Å². The van der Waals surface area contributed by atoms with Crippen molar-refractivity contribution in [1.29, 1.82) is 0 Å². The van der Waals surface area contributed by atoms with Crippen LogP contribution in [0.3, 0.4) is 0 Å². The Morgan fingerprint density at radius 3 is 2.05 bits per heavy atom. The third-order valence-electron chi connectivity index (χ3n) is 5.09. The maximum Gasteiger partial charge on any atom is 0.455 e. The molecule has 18 heteroatoms. The first kappa shape index (κ1) is 30.0. The van der Waals surface area contributed by atoms with E-state index in [2.05, 4.69) is 0 Å². The van der Waals surface area contributed by atoms with Crippen LogP contribution in [0.5, 0.6) is 0 Å². The van der Waals surface area contributed by atoms with Gasteiger partial charge in [-0.25, -0.2) is 8.42 Å². The first-order chi connectivity index (χ1) is 16.7. The van der Waals surface area contributed by atoms with Crippen LogP contribution in [0.25, 0.3) is 0 Å². The second-order valence-corrected chi connectivity index (χ2v) is 9.93. The van der Waals surface area contributed by atoms with Crippen LogP contribution in [0.2, 0.25) is 0 Å². The van der Waals surface area contributed by atoms with Gasteiger partial charge in [0.2, 0.25) is 21.8 Å². The number of anilines is 2. The molecule has 0 radical (unpaired) electrons. The van der Waals surface area contributed by atoms with Crippen LogP contribution in [-0.2, 0) is 24.4 Å². The van der Waals surface area contributed by atoms with Gasteiger partial charge in [-0.1, -0.05) is 12.1 Å². The van der Waals surface area contributed by atoms with Gasteiger partial charge in [0.15, 0.2) is 0 Å². The number of nitrogens with one attached hydrogen (secondary N) is 2. The van der Waals surface area contributed by atoms with E-state index in [1.54, 1.807) is 0 Å². The van der Waals surface area contributed by atoms with Crippen molar-refractivity contribution in [2.24, 2.45) is 5.92 Å². The molecule has 3 amide bonds. The molecule has 0 fully saturated rings. The number of alkyl halides is 8. The van der Waals surface area contributed by atoms with Crippen molar-refractivity contribution < 1.29 is 57.9 Å². The molecule has 1 unspecified atom stereocenters. The molecule has 1 aromatic carbocycles. The van der Waals surface area contributed by atoms with Gasteiger partial charge in [0.25, 0.3) is 5.91 Å². The Morgan fingerprint density at radius 1 is 1.03 bits per heavy atom. The van der Waals surface area contributed by atoms with E-state index in [0.29, 0.717) is 10.6 Å². The van der Waals surface area contributed by atoms with Gasteiger partial charge in [-0.3, -0.25) is 23.6 Å². The summed E-state index contributed by atoms with van der Waals surface area (Å²) in [4.78, 5) is 37.7. The quantitative estimate of drug-likeness (QED) is 0.385. The number of nitrogens with zero attached hydrogens (tertiary/aromatic N) is 2. The first-order valence-corrected chi connectivity index (χ1v) is 12.0. The number of carbonyl (C=O) groups is 3. The Hall–Kier alpha value is -3.18. The molecule has 2 atom stereocenters. The van der Waals surface area contributed by atoms with Crippen LogP contribution in [0.4, 0.5) is 46.5 Å². The minimum absolute atomic E-state index is 0.181. The summed E-state index contributed by atoms with van der Waals surface area (Å²) < 4.78 is 128. The largest absolute Gasteiger partial charge is 0.455 e. The van der Waals surface area contributed by atoms with E-state index >= 15 is 0 Å². The average Bonchev–Trinajstić information content (AvgIpc) is 2.85. The van der Waals surface area contributed by atoms with Crippen molar-refractivity contribution in [2.75, 3.05) is 35.1 Å². The molecule has 208 valence electrons. The second-order valence-electron chi connectivity index (χ2n) is 8.03. The van der Waals surface area contributed by atoms with E-state index in [9.17, 15) is 57.9 Å². The van der Waals surface area contributed by atoms with Gasteiger partial charge in [-0.15, -0.1) is 0 Å². The van der Waals surface area contributed by atoms with Gasteiger partial charge >= 0.3 is 18.3 Å². The molecule has 0 saturated carbocycles. The van der Waals surface area contributed by atoms with Gasteiger partial charge in [-0.2, -0.15) is 35.1 Å². The third-order valence-corrected chi connectivity index (χ3v) is 6.24. The van der Waals surface area contributed by atoms with Crippen LogP contribution >= 0.6 is 0 Å². The highest BCUT2D eigenvalue weighted by molar-refractivity contribution is 7.92. The lowest BCUT2D eigenvalue weighted by atomic mass is 10.1. The van der Waals surface area contributed by atoms with Crippen molar-refractivity contribution in [3.63, 3.8) is 0 Å². The summed E-state index contributed by atoms with van der Waals surface area (Å²) in [6.45, 7) is -4.22. The Bertz CT molecular complexity index is 1160. The summed E-state index contributed by atoms with van der Waals surface area (Å²) in [5, 5.41) is 3.13. The molecule has 2 rings (SSSR count). The van der Waals surface area contributed by atoms with Gasteiger partial charge < -0.3 is 10.6 Å². The molecule has 2 N–H and O–H groups in total. The molecule has 0 aromatic heterocycles. The molecule has 1 heterocycles. The van der Waals surface area contributed by atoms with Crippen LogP contribution in [-0.4, -0.2) is 76.3 Å². The van der Waals surface area contributed by atoms with Crippen LogP contribution in [0.15, 0.2) is 24.3 Å². The fraction of sp³-hybridized carbons (Fsp3) is 0.526. The zero-order valence-electron chi connectivity index (χ0n) is 19.0. The fourth-order valence-corrected chi connectivity index (χ4v) is 4.11. The summed E-state index contributed by atoms with van der Waals surface area (Å²) in [6, 6.07) is 2.68. The molecule has 1 aliphatic heterocycles. The van der Waals surface area contributed by atoms with Gasteiger partial charge in [0, 0.05) is 0 Å². The summed E-state index contributed by atoms with van der Waals surface area (Å²) in [6.07, 6.45) is -10.3. The lowest BCUT2D eigenvalue weighted by Crippen LogP contribution is -2.56. The number of halogens is 8. The Kier molecular flexibility index (Phi) is 8.36. The van der Waals surface area contributed by atoms with Crippen molar-refractivity contribution >= 4 is 39.1 Å². The number of sulfonamides is 1. The summed E-state index contributed by atoms with van der Waals surface area (Å²) in [5.74, 6) is -11.8. The van der Waals surface area contributed by atoms with Crippen LogP contribution < -0.4 is 19.8 Å². The fourth-order valence-electron chi connectivity index (χ4n) is 3.18. The lowest BCUT2D eigenvalue weighted by Gasteiger charge is -2.27. The van der Waals surface area contributed by atoms with Gasteiger partial charge in [0.1, 0.15) is 18.5 Å². The Balaban J connectivity index is 2.34. The van der Waals surface area contributed by atoms with Crippen LogP contribution in [0, 0.1) is 5.92 Å². The van der Waals surface area contributed by atoms with Gasteiger partial charge in [0.05, 0.1) is 30.7 Å². The number of amides is 3. The zero-order chi connectivity index (χ0) is 28.6. The lowest BCUT2D eigenvalue weighted by molar-refractivity contribution is -0.278. The van der Waals surface area contributed by atoms with Crippen molar-refractivity contribution in [2.45, 2.75) is 31.2 Å². The van der Waals surface area contributed by atoms with Crippen molar-refractivity contribution in [3.8, 4) is 0 Å². The predicted molar refractivity (Wildman–Crippen MR) is 112 cm³/mol. The smallest absolute Gasteiger partial charge is 0.349 e. The van der Waals surface area contributed by atoms with Crippen molar-refractivity contribution in [1.82, 2.24) is 10.6 Å². The maximum atomic E-state index is 13.3. The SMILES string of the molecule is C[C@H](C(=O)NCC(F)(F)C(F)(F)F)C(=O)NC1CN(S(C)(=O)=O)c2ccccc2N(CC(F)(F)F)C1=O. The van der Waals surface area contributed by atoms with E-state index in [-0.39, 0.29) is 10.6 Å². The summed E-state index contributed by atoms with van der Waals surface area (Å²) >= 11 is 0. The molecular formula is C19H20F8N4O5S. The molecule has 0 bridgehead atoms. The highest BCUT2D eigenvalue weighted by Crippen LogP contribution is 2.36. The number of carbonyl (C=O) groups excluding carboxylic acids is 3. The summed E-state index contributed by atoms with van der Waals surface area (Å²) in [5.41, 5.74) is -0.772. The monoisotopic (exact) mass is 568 g/mol. The molecule has 1 aliphatic rings. The number of para-hydroxylation sites is 2. The normalized spacial score (nSPS) is 18.1. The number of fused-ring (bicyclic) bond motifs is 1. The predicted octanol–water partition coefficient (Wildman–Crippen LogP) is 1.80. The number of benzene rings is 1. The number of rotatable bonds is 7. The van der Waals surface area contributed by atoms with E-state index in [4.69, 9.17) is 0 Å². The summed E-state index contributed by atoms with van der Waals surface area (Å²) in [7, 11) is -4.24. The Morgan fingerprint density at radius 2 is 1.57 bits per heavy atom. The molecule has 37 heavy (non-hydrogen) atoms. The molecule has 0 spiro atoms. The molecular weight excluding hydrogens is 548 g/mol. The number of hydrogen-bond donors (Lipinski definition) is 2. The molecule has 0 aliphatic carbocycles. The standard InChI is InChI=1S/C19H20F8N4O5S/c1-10(14(32)28-8-17(20,21)19(25,26)27)15(33)29-11-7-31(37(2,35)36)13-6-4-3-5-12(13)30(16(11)34)9-18(22,23)24/h3-6,10-11H,7-9H2,1-2H3,(H,28,32)(H,29,33)/t10-,11?/m1/s1. The van der Waals surface area contributed by atoms with Crippen LogP contribution in [0.1, 0.15) is 6.92 Å². The van der Waals surface area contributed by atoms with Gasteiger partial charge in [-0.05, 0) is 19.1 Å². The van der Waals surface area contributed by atoms with E-state index in [0.717, 1.165) is 19.1 Å². The van der Waals surface area contributed by atoms with E-state index in [1.165, 1.54) is 17.4 Å². The molecule has 1 aromatic rings. The third kappa shape index (κ3) is 7.20.